The highest BCUT2D eigenvalue weighted by atomic mass is 35.5. The first-order chi connectivity index (χ1) is 6.52. The fourth-order valence-electron chi connectivity index (χ4n) is 0.924. The summed E-state index contributed by atoms with van der Waals surface area (Å²) >= 11 is 11.5. The second kappa shape index (κ2) is 4.80. The largest absolute Gasteiger partial charge is 0.376 e. The van der Waals surface area contributed by atoms with Crippen LogP contribution in [0.25, 0.3) is 0 Å². The molecule has 5 heteroatoms. The van der Waals surface area contributed by atoms with Crippen molar-refractivity contribution in [3.63, 3.8) is 0 Å². The van der Waals surface area contributed by atoms with Gasteiger partial charge in [0.05, 0.1) is 21.8 Å². The summed E-state index contributed by atoms with van der Waals surface area (Å²) in [4.78, 5) is 0. The van der Waals surface area contributed by atoms with Gasteiger partial charge in [0.2, 0.25) is 0 Å². The molecule has 1 aromatic rings. The smallest absolute Gasteiger partial charge is 0.258 e. The van der Waals surface area contributed by atoms with Crippen LogP contribution >= 0.6 is 23.2 Å². The van der Waals surface area contributed by atoms with E-state index in [0.717, 1.165) is 0 Å². The lowest BCUT2D eigenvalue weighted by Gasteiger charge is -2.15. The minimum absolute atomic E-state index is 0.265. The van der Waals surface area contributed by atoms with E-state index in [-0.39, 0.29) is 5.02 Å². The van der Waals surface area contributed by atoms with Crippen molar-refractivity contribution in [2.45, 2.75) is 19.4 Å². The number of anilines is 1. The zero-order valence-corrected chi connectivity index (χ0v) is 8.91. The molecule has 0 aliphatic heterocycles. The quantitative estimate of drug-likeness (QED) is 0.839. The Kier molecular flexibility index (Phi) is 3.96. The van der Waals surface area contributed by atoms with Crippen molar-refractivity contribution >= 4 is 28.9 Å². The molecule has 0 saturated carbocycles. The molecule has 0 radical (unpaired) electrons. The summed E-state index contributed by atoms with van der Waals surface area (Å²) in [6, 6.07) is 3.90. The van der Waals surface area contributed by atoms with E-state index in [1.54, 1.807) is 18.2 Å². The van der Waals surface area contributed by atoms with Gasteiger partial charge in [-0.05, 0) is 19.1 Å². The monoisotopic (exact) mass is 239 g/mol. The van der Waals surface area contributed by atoms with E-state index < -0.39 is 12.5 Å². The second-order valence-electron chi connectivity index (χ2n) is 2.87. The molecule has 1 unspecified atom stereocenters. The Labute approximate surface area is 91.0 Å². The van der Waals surface area contributed by atoms with Crippen molar-refractivity contribution in [3.8, 4) is 0 Å². The van der Waals surface area contributed by atoms with E-state index in [1.165, 1.54) is 6.92 Å². The fraction of sp³-hybridized carbons (Fsp3) is 0.333. The molecule has 0 aliphatic rings. The van der Waals surface area contributed by atoms with E-state index in [0.29, 0.717) is 10.7 Å². The lowest BCUT2D eigenvalue weighted by atomic mass is 10.2. The van der Waals surface area contributed by atoms with E-state index in [4.69, 9.17) is 23.2 Å². The average Bonchev–Trinajstić information content (AvgIpc) is 2.12. The van der Waals surface area contributed by atoms with Crippen molar-refractivity contribution in [2.24, 2.45) is 0 Å². The third-order valence-electron chi connectivity index (χ3n) is 1.71. The predicted molar refractivity (Wildman–Crippen MR) is 55.6 cm³/mol. The van der Waals surface area contributed by atoms with E-state index in [1.807, 2.05) is 0 Å². The van der Waals surface area contributed by atoms with Crippen molar-refractivity contribution < 1.29 is 8.78 Å². The van der Waals surface area contributed by atoms with Crippen molar-refractivity contribution in [1.82, 2.24) is 0 Å². The van der Waals surface area contributed by atoms with Crippen LogP contribution in [0.3, 0.4) is 0 Å². The second-order valence-corrected chi connectivity index (χ2v) is 3.65. The molecule has 78 valence electrons. The first kappa shape index (κ1) is 11.5. The van der Waals surface area contributed by atoms with E-state index in [2.05, 4.69) is 5.32 Å². The summed E-state index contributed by atoms with van der Waals surface area (Å²) in [5, 5.41) is 3.19. The molecule has 0 spiro atoms. The van der Waals surface area contributed by atoms with Crippen LogP contribution in [0.2, 0.25) is 10.0 Å². The van der Waals surface area contributed by atoms with Gasteiger partial charge in [-0.1, -0.05) is 29.3 Å². The normalized spacial score (nSPS) is 13.0. The van der Waals surface area contributed by atoms with Crippen LogP contribution in [0.1, 0.15) is 6.92 Å². The highest BCUT2D eigenvalue weighted by molar-refractivity contribution is 6.43. The lowest BCUT2D eigenvalue weighted by molar-refractivity contribution is 0.131. The number of nitrogens with one attached hydrogen (secondary N) is 1. The number of hydrogen-bond acceptors (Lipinski definition) is 1. The molecule has 0 aromatic heterocycles. The predicted octanol–water partition coefficient (Wildman–Crippen LogP) is 4.06. The SMILES string of the molecule is CC(Nc1cccc(Cl)c1Cl)C(F)F. The van der Waals surface area contributed by atoms with Crippen LogP contribution in [-0.4, -0.2) is 12.5 Å². The molecule has 1 nitrogen and oxygen atoms in total. The third kappa shape index (κ3) is 2.72. The number of halogens is 4. The van der Waals surface area contributed by atoms with Crippen LogP contribution in [0.5, 0.6) is 0 Å². The third-order valence-corrected chi connectivity index (χ3v) is 2.53. The molecule has 0 aliphatic carbocycles. The average molecular weight is 240 g/mol. The number of alkyl halides is 2. The Bertz CT molecular complexity index is 318. The van der Waals surface area contributed by atoms with Crippen molar-refractivity contribution in [1.29, 1.82) is 0 Å². The molecule has 0 bridgehead atoms. The van der Waals surface area contributed by atoms with Crippen molar-refractivity contribution in [2.75, 3.05) is 5.32 Å². The number of rotatable bonds is 3. The Morgan fingerprint density at radius 1 is 1.29 bits per heavy atom. The van der Waals surface area contributed by atoms with Crippen LogP contribution in [0, 0.1) is 0 Å². The van der Waals surface area contributed by atoms with Gasteiger partial charge in [-0.2, -0.15) is 0 Å². The fourth-order valence-corrected chi connectivity index (χ4v) is 1.28. The van der Waals surface area contributed by atoms with E-state index in [9.17, 15) is 8.78 Å². The number of hydrogen-bond donors (Lipinski definition) is 1. The minimum atomic E-state index is -2.44. The highest BCUT2D eigenvalue weighted by Crippen LogP contribution is 2.30. The maximum Gasteiger partial charge on any atom is 0.258 e. The van der Waals surface area contributed by atoms with Gasteiger partial charge in [-0.25, -0.2) is 8.78 Å². The summed E-state index contributed by atoms with van der Waals surface area (Å²) in [6.07, 6.45) is -2.44. The number of benzene rings is 1. The molecule has 1 aromatic carbocycles. The Balaban J connectivity index is 2.82. The molecule has 0 heterocycles. The lowest BCUT2D eigenvalue weighted by Crippen LogP contribution is -2.23. The van der Waals surface area contributed by atoms with Gasteiger partial charge < -0.3 is 5.32 Å². The Morgan fingerprint density at radius 2 is 1.93 bits per heavy atom. The standard InChI is InChI=1S/C9H9Cl2F2N/c1-5(9(12)13)14-7-4-2-3-6(10)8(7)11/h2-5,9,14H,1H3. The van der Waals surface area contributed by atoms with Crippen molar-refractivity contribution in [3.05, 3.63) is 28.2 Å². The van der Waals surface area contributed by atoms with Gasteiger partial charge in [-0.3, -0.25) is 0 Å². The van der Waals surface area contributed by atoms with Gasteiger partial charge in [0.25, 0.3) is 6.43 Å². The zero-order chi connectivity index (χ0) is 10.7. The van der Waals surface area contributed by atoms with Crippen LogP contribution in [0.15, 0.2) is 18.2 Å². The van der Waals surface area contributed by atoms with E-state index >= 15 is 0 Å². The molecular weight excluding hydrogens is 231 g/mol. The topological polar surface area (TPSA) is 12.0 Å². The molecule has 0 fully saturated rings. The van der Waals surface area contributed by atoms with Gasteiger partial charge in [0.15, 0.2) is 0 Å². The van der Waals surface area contributed by atoms with Crippen LogP contribution in [-0.2, 0) is 0 Å². The molecule has 14 heavy (non-hydrogen) atoms. The van der Waals surface area contributed by atoms with Crippen LogP contribution < -0.4 is 5.32 Å². The van der Waals surface area contributed by atoms with Gasteiger partial charge in [0.1, 0.15) is 0 Å². The van der Waals surface area contributed by atoms with Gasteiger partial charge >= 0.3 is 0 Å². The highest BCUT2D eigenvalue weighted by Gasteiger charge is 2.15. The van der Waals surface area contributed by atoms with Gasteiger partial charge in [-0.15, -0.1) is 0 Å². The zero-order valence-electron chi connectivity index (χ0n) is 7.40. The van der Waals surface area contributed by atoms with Crippen LogP contribution in [0.4, 0.5) is 14.5 Å². The summed E-state index contributed by atoms with van der Waals surface area (Å²) in [5.41, 5.74) is 0.423. The first-order valence-electron chi connectivity index (χ1n) is 4.01. The van der Waals surface area contributed by atoms with Gasteiger partial charge in [0, 0.05) is 0 Å². The molecule has 0 saturated heterocycles. The molecule has 1 rings (SSSR count). The summed E-state index contributed by atoms with van der Waals surface area (Å²) in [6.45, 7) is 1.38. The summed E-state index contributed by atoms with van der Waals surface area (Å²) in [7, 11) is 0. The maximum atomic E-state index is 12.2. The summed E-state index contributed by atoms with van der Waals surface area (Å²) in [5.74, 6) is 0. The molecule has 1 N–H and O–H groups in total. The molecule has 1 atom stereocenters. The Morgan fingerprint density at radius 3 is 2.50 bits per heavy atom. The first-order valence-corrected chi connectivity index (χ1v) is 4.76. The molecular formula is C9H9Cl2F2N. The molecule has 0 amide bonds. The summed E-state index contributed by atoms with van der Waals surface area (Å²) < 4.78 is 24.4. The Hall–Kier alpha value is -0.540. The minimum Gasteiger partial charge on any atom is -0.376 e. The maximum absolute atomic E-state index is 12.2.